The van der Waals surface area contributed by atoms with E-state index in [-0.39, 0.29) is 24.0 Å². The van der Waals surface area contributed by atoms with Crippen molar-refractivity contribution in [2.45, 2.75) is 40.3 Å². The van der Waals surface area contributed by atoms with Crippen molar-refractivity contribution in [2.24, 2.45) is 4.99 Å². The highest BCUT2D eigenvalue weighted by Crippen LogP contribution is 2.13. The molecule has 29 heavy (non-hydrogen) atoms. The molecule has 1 fully saturated rings. The Bertz CT molecular complexity index is 587. The molecule has 7 heteroatoms. The van der Waals surface area contributed by atoms with Gasteiger partial charge in [0.15, 0.2) is 5.96 Å². The maximum absolute atomic E-state index is 5.53. The number of ether oxygens (including phenoxy) is 1. The number of benzene rings is 1. The number of nitrogens with zero attached hydrogens (tertiary/aromatic N) is 4. The maximum Gasteiger partial charge on any atom is 0.194 e. The van der Waals surface area contributed by atoms with E-state index in [1.165, 1.54) is 18.7 Å². The van der Waals surface area contributed by atoms with E-state index in [9.17, 15) is 0 Å². The summed E-state index contributed by atoms with van der Waals surface area (Å²) in [6.07, 6.45) is 0. The summed E-state index contributed by atoms with van der Waals surface area (Å²) in [6.45, 7) is 17.6. The Morgan fingerprint density at radius 1 is 1.14 bits per heavy atom. The van der Waals surface area contributed by atoms with Gasteiger partial charge in [0.2, 0.25) is 0 Å². The summed E-state index contributed by atoms with van der Waals surface area (Å²) >= 11 is 0. The van der Waals surface area contributed by atoms with E-state index in [1.807, 2.05) is 19.1 Å². The first-order chi connectivity index (χ1) is 13.6. The summed E-state index contributed by atoms with van der Waals surface area (Å²) in [5.74, 6) is 1.89. The van der Waals surface area contributed by atoms with Gasteiger partial charge in [-0.15, -0.1) is 24.0 Å². The number of hydrogen-bond acceptors (Lipinski definition) is 4. The zero-order valence-electron chi connectivity index (χ0n) is 18.9. The Hall–Kier alpha value is -1.06. The fourth-order valence-electron chi connectivity index (χ4n) is 3.53. The van der Waals surface area contributed by atoms with Crippen molar-refractivity contribution in [3.05, 3.63) is 29.8 Å². The summed E-state index contributed by atoms with van der Waals surface area (Å²) in [7, 11) is 2.10. The lowest BCUT2D eigenvalue weighted by Gasteiger charge is -2.37. The third-order valence-corrected chi connectivity index (χ3v) is 5.33. The molecule has 1 aromatic carbocycles. The van der Waals surface area contributed by atoms with Crippen molar-refractivity contribution in [1.82, 2.24) is 20.0 Å². The fourth-order valence-corrected chi connectivity index (χ4v) is 3.53. The molecule has 166 valence electrons. The van der Waals surface area contributed by atoms with E-state index < -0.39 is 0 Å². The summed E-state index contributed by atoms with van der Waals surface area (Å²) in [5.41, 5.74) is 1.25. The lowest BCUT2D eigenvalue weighted by atomic mass is 10.2. The third-order valence-electron chi connectivity index (χ3n) is 5.33. The van der Waals surface area contributed by atoms with Gasteiger partial charge in [0.1, 0.15) is 5.75 Å². The molecule has 1 saturated heterocycles. The molecule has 0 aliphatic carbocycles. The Kier molecular flexibility index (Phi) is 12.6. The van der Waals surface area contributed by atoms with Gasteiger partial charge < -0.3 is 19.9 Å². The first-order valence-electron chi connectivity index (χ1n) is 10.7. The quantitative estimate of drug-likeness (QED) is 0.310. The van der Waals surface area contributed by atoms with Gasteiger partial charge in [0.25, 0.3) is 0 Å². The van der Waals surface area contributed by atoms with Crippen molar-refractivity contribution >= 4 is 29.9 Å². The highest BCUT2D eigenvalue weighted by Gasteiger charge is 2.20. The number of hydrogen-bond donors (Lipinski definition) is 1. The number of nitrogens with one attached hydrogen (secondary N) is 1. The molecular formula is C22H40IN5O. The number of aliphatic imine (C=N–C) groups is 1. The van der Waals surface area contributed by atoms with E-state index in [4.69, 9.17) is 9.73 Å². The van der Waals surface area contributed by atoms with Crippen LogP contribution in [0.3, 0.4) is 0 Å². The normalized spacial score (nSPS) is 16.8. The Morgan fingerprint density at radius 2 is 1.79 bits per heavy atom. The van der Waals surface area contributed by atoms with Crippen molar-refractivity contribution in [2.75, 3.05) is 59.5 Å². The number of rotatable bonds is 9. The van der Waals surface area contributed by atoms with Gasteiger partial charge in [-0.25, -0.2) is 0 Å². The number of guanidine groups is 1. The largest absolute Gasteiger partial charge is 0.494 e. The van der Waals surface area contributed by atoms with Gasteiger partial charge in [-0.05, 0) is 45.0 Å². The molecule has 6 nitrogen and oxygen atoms in total. The summed E-state index contributed by atoms with van der Waals surface area (Å²) in [4.78, 5) is 12.2. The van der Waals surface area contributed by atoms with Gasteiger partial charge in [-0.3, -0.25) is 9.89 Å². The molecule has 1 aliphatic heterocycles. The predicted octanol–water partition coefficient (Wildman–Crippen LogP) is 3.13. The highest BCUT2D eigenvalue weighted by molar-refractivity contribution is 14.0. The van der Waals surface area contributed by atoms with Crippen molar-refractivity contribution in [3.63, 3.8) is 0 Å². The molecule has 1 N–H and O–H groups in total. The minimum absolute atomic E-state index is 0. The van der Waals surface area contributed by atoms with Crippen molar-refractivity contribution in [3.8, 4) is 5.75 Å². The van der Waals surface area contributed by atoms with Crippen LogP contribution in [0.2, 0.25) is 0 Å². The predicted molar refractivity (Wildman–Crippen MR) is 134 cm³/mol. The molecule has 0 spiro atoms. The second-order valence-corrected chi connectivity index (χ2v) is 7.45. The monoisotopic (exact) mass is 517 g/mol. The average Bonchev–Trinajstić information content (AvgIpc) is 2.72. The second-order valence-electron chi connectivity index (χ2n) is 7.45. The maximum atomic E-state index is 5.53. The number of likely N-dealkylation sites (N-methyl/N-ethyl adjacent to an activating group) is 1. The Balaban J connectivity index is 0.00000420. The lowest BCUT2D eigenvalue weighted by molar-refractivity contribution is 0.109. The molecule has 1 unspecified atom stereocenters. The fraction of sp³-hybridized carbons (Fsp3) is 0.682. The molecule has 0 amide bonds. The van der Waals surface area contributed by atoms with E-state index in [1.54, 1.807) is 0 Å². The molecule has 1 heterocycles. The zero-order chi connectivity index (χ0) is 20.4. The number of piperazine rings is 1. The number of halogens is 1. The topological polar surface area (TPSA) is 43.3 Å². The van der Waals surface area contributed by atoms with E-state index in [2.05, 4.69) is 60.0 Å². The Morgan fingerprint density at radius 3 is 2.34 bits per heavy atom. The summed E-state index contributed by atoms with van der Waals surface area (Å²) in [6, 6.07) is 8.79. The van der Waals surface area contributed by atoms with Crippen LogP contribution in [0, 0.1) is 0 Å². The van der Waals surface area contributed by atoms with Crippen LogP contribution >= 0.6 is 24.0 Å². The van der Waals surface area contributed by atoms with Crippen LogP contribution in [0.4, 0.5) is 0 Å². The van der Waals surface area contributed by atoms with Crippen LogP contribution in [0.5, 0.6) is 5.75 Å². The molecule has 1 aromatic rings. The Labute approximate surface area is 194 Å². The minimum atomic E-state index is 0. The lowest BCUT2D eigenvalue weighted by Crippen LogP contribution is -2.50. The molecule has 0 bridgehead atoms. The third kappa shape index (κ3) is 8.68. The van der Waals surface area contributed by atoms with E-state index in [0.29, 0.717) is 12.6 Å². The van der Waals surface area contributed by atoms with E-state index >= 15 is 0 Å². The minimum Gasteiger partial charge on any atom is -0.494 e. The zero-order valence-corrected chi connectivity index (χ0v) is 21.2. The van der Waals surface area contributed by atoms with Gasteiger partial charge in [0.05, 0.1) is 13.2 Å². The van der Waals surface area contributed by atoms with Crippen LogP contribution in [0.15, 0.2) is 29.3 Å². The molecule has 0 saturated carbocycles. The van der Waals surface area contributed by atoms with Crippen LogP contribution in [-0.2, 0) is 6.54 Å². The van der Waals surface area contributed by atoms with Crippen LogP contribution in [0.1, 0.15) is 33.3 Å². The summed E-state index contributed by atoms with van der Waals surface area (Å²) < 4.78 is 5.53. The molecule has 0 radical (unpaired) electrons. The molecule has 0 aromatic heterocycles. The van der Waals surface area contributed by atoms with E-state index in [0.717, 1.165) is 51.0 Å². The smallest absolute Gasteiger partial charge is 0.194 e. The van der Waals surface area contributed by atoms with Crippen LogP contribution < -0.4 is 10.1 Å². The van der Waals surface area contributed by atoms with Crippen molar-refractivity contribution in [1.29, 1.82) is 0 Å². The molecular weight excluding hydrogens is 477 g/mol. The molecule has 1 atom stereocenters. The first-order valence-corrected chi connectivity index (χ1v) is 10.7. The van der Waals surface area contributed by atoms with Gasteiger partial charge >= 0.3 is 0 Å². The molecule has 2 rings (SSSR count). The summed E-state index contributed by atoms with van der Waals surface area (Å²) in [5, 5.41) is 3.43. The van der Waals surface area contributed by atoms with Crippen LogP contribution in [0.25, 0.3) is 0 Å². The standard InChI is InChI=1S/C22H39N5O.HI/c1-6-23-22(24-17-19(4)27-15-13-26(7-2)14-16-27)25(5)18-20-9-11-21(12-10-20)28-8-3;/h9-12,19H,6-8,13-18H2,1-5H3,(H,23,24);1H. The highest BCUT2D eigenvalue weighted by atomic mass is 127. The van der Waals surface area contributed by atoms with Gasteiger partial charge in [-0.1, -0.05) is 19.1 Å². The molecule has 1 aliphatic rings. The first kappa shape index (κ1) is 26.0. The average molecular weight is 518 g/mol. The van der Waals surface area contributed by atoms with Gasteiger partial charge in [0, 0.05) is 52.4 Å². The van der Waals surface area contributed by atoms with Crippen LogP contribution in [-0.4, -0.2) is 86.2 Å². The second kappa shape index (κ2) is 14.0. The van der Waals surface area contributed by atoms with Crippen molar-refractivity contribution < 1.29 is 4.74 Å². The SMILES string of the molecule is CCNC(=NCC(C)N1CCN(CC)CC1)N(C)Cc1ccc(OCC)cc1.I. The van der Waals surface area contributed by atoms with Gasteiger partial charge in [-0.2, -0.15) is 0 Å².